The molecule has 1 aromatic heterocycles. The molecule has 0 saturated heterocycles. The van der Waals surface area contributed by atoms with E-state index in [9.17, 15) is 9.59 Å². The standard InChI is InChI=1S/C23H19N3O3/c1-15-24-21-12-4-3-11-20(21)23(28)26(15)18-9-6-8-17(14-18)25-22(27)16-7-5-10-19(13-16)29-2/h3-14H,1-2H3,(H,25,27). The van der Waals surface area contributed by atoms with Crippen LogP contribution in [0.2, 0.25) is 0 Å². The van der Waals surface area contributed by atoms with Gasteiger partial charge in [-0.2, -0.15) is 0 Å². The quantitative estimate of drug-likeness (QED) is 0.577. The molecule has 1 N–H and O–H groups in total. The molecule has 4 rings (SSSR count). The van der Waals surface area contributed by atoms with Crippen molar-refractivity contribution in [1.29, 1.82) is 0 Å². The number of benzene rings is 3. The number of aromatic nitrogens is 2. The van der Waals surface area contributed by atoms with E-state index in [1.54, 1.807) is 67.1 Å². The Morgan fingerprint density at radius 3 is 2.62 bits per heavy atom. The van der Waals surface area contributed by atoms with Gasteiger partial charge in [0.25, 0.3) is 11.5 Å². The summed E-state index contributed by atoms with van der Waals surface area (Å²) in [6, 6.07) is 21.3. The van der Waals surface area contributed by atoms with Gasteiger partial charge >= 0.3 is 0 Å². The number of hydrogen-bond acceptors (Lipinski definition) is 4. The maximum Gasteiger partial charge on any atom is 0.265 e. The average molecular weight is 385 g/mol. The largest absolute Gasteiger partial charge is 0.497 e. The van der Waals surface area contributed by atoms with E-state index >= 15 is 0 Å². The molecule has 0 radical (unpaired) electrons. The van der Waals surface area contributed by atoms with Crippen LogP contribution in [0.25, 0.3) is 16.6 Å². The van der Waals surface area contributed by atoms with Gasteiger partial charge in [0.05, 0.1) is 23.7 Å². The minimum Gasteiger partial charge on any atom is -0.497 e. The number of ether oxygens (including phenoxy) is 1. The lowest BCUT2D eigenvalue weighted by atomic mass is 10.2. The number of fused-ring (bicyclic) bond motifs is 1. The van der Waals surface area contributed by atoms with Gasteiger partial charge < -0.3 is 10.1 Å². The molecule has 3 aromatic carbocycles. The molecule has 0 atom stereocenters. The van der Waals surface area contributed by atoms with Gasteiger partial charge in [0.1, 0.15) is 11.6 Å². The summed E-state index contributed by atoms with van der Waals surface area (Å²) in [7, 11) is 1.55. The number of nitrogens with zero attached hydrogens (tertiary/aromatic N) is 2. The molecule has 1 amide bonds. The predicted octanol–water partition coefficient (Wildman–Crippen LogP) is 3.96. The van der Waals surface area contributed by atoms with Crippen LogP contribution in [0.4, 0.5) is 5.69 Å². The van der Waals surface area contributed by atoms with Crippen LogP contribution in [0.1, 0.15) is 16.2 Å². The maximum absolute atomic E-state index is 13.0. The minimum atomic E-state index is -0.262. The van der Waals surface area contributed by atoms with Crippen molar-refractivity contribution in [3.8, 4) is 11.4 Å². The maximum atomic E-state index is 13.0. The lowest BCUT2D eigenvalue weighted by Crippen LogP contribution is -2.22. The number of anilines is 1. The highest BCUT2D eigenvalue weighted by atomic mass is 16.5. The van der Waals surface area contributed by atoms with Crippen molar-refractivity contribution in [1.82, 2.24) is 9.55 Å². The van der Waals surface area contributed by atoms with Crippen molar-refractivity contribution in [3.05, 3.63) is 94.5 Å². The van der Waals surface area contributed by atoms with Crippen LogP contribution in [0.15, 0.2) is 77.6 Å². The van der Waals surface area contributed by atoms with Crippen molar-refractivity contribution in [3.63, 3.8) is 0 Å². The summed E-state index contributed by atoms with van der Waals surface area (Å²) < 4.78 is 6.71. The van der Waals surface area contributed by atoms with Crippen molar-refractivity contribution in [2.24, 2.45) is 0 Å². The molecule has 0 spiro atoms. The molecule has 0 unspecified atom stereocenters. The van der Waals surface area contributed by atoms with Crippen LogP contribution in [-0.2, 0) is 0 Å². The van der Waals surface area contributed by atoms with Gasteiger partial charge in [0, 0.05) is 11.3 Å². The first kappa shape index (κ1) is 18.4. The SMILES string of the molecule is COc1cccc(C(=O)Nc2cccc(-n3c(C)nc4ccccc4c3=O)c2)c1. The Hall–Kier alpha value is -3.93. The van der Waals surface area contributed by atoms with E-state index in [4.69, 9.17) is 4.74 Å². The molecule has 0 aliphatic heterocycles. The zero-order chi connectivity index (χ0) is 20.4. The van der Waals surface area contributed by atoms with Crippen molar-refractivity contribution in [2.75, 3.05) is 12.4 Å². The van der Waals surface area contributed by atoms with Gasteiger partial charge in [-0.3, -0.25) is 14.2 Å². The molecule has 0 saturated carbocycles. The smallest absolute Gasteiger partial charge is 0.265 e. The predicted molar refractivity (Wildman–Crippen MR) is 113 cm³/mol. The fraction of sp³-hybridized carbons (Fsp3) is 0.0870. The van der Waals surface area contributed by atoms with Gasteiger partial charge in [-0.05, 0) is 55.5 Å². The van der Waals surface area contributed by atoms with Crippen LogP contribution < -0.4 is 15.6 Å². The minimum absolute atomic E-state index is 0.149. The Morgan fingerprint density at radius 2 is 1.79 bits per heavy atom. The van der Waals surface area contributed by atoms with E-state index in [0.29, 0.717) is 39.4 Å². The zero-order valence-corrected chi connectivity index (χ0v) is 16.0. The number of para-hydroxylation sites is 1. The summed E-state index contributed by atoms with van der Waals surface area (Å²) >= 11 is 0. The Kier molecular flexibility index (Phi) is 4.83. The fourth-order valence-corrected chi connectivity index (χ4v) is 3.24. The van der Waals surface area contributed by atoms with Gasteiger partial charge in [-0.15, -0.1) is 0 Å². The number of aryl methyl sites for hydroxylation is 1. The summed E-state index contributed by atoms with van der Waals surface area (Å²) in [4.78, 5) is 30.1. The topological polar surface area (TPSA) is 73.2 Å². The molecular formula is C23H19N3O3. The Morgan fingerprint density at radius 1 is 1.00 bits per heavy atom. The van der Waals surface area contributed by atoms with Gasteiger partial charge in [0.15, 0.2) is 0 Å². The van der Waals surface area contributed by atoms with Crippen LogP contribution >= 0.6 is 0 Å². The van der Waals surface area contributed by atoms with Gasteiger partial charge in [-0.25, -0.2) is 4.98 Å². The molecule has 6 nitrogen and oxygen atoms in total. The van der Waals surface area contributed by atoms with E-state index in [-0.39, 0.29) is 11.5 Å². The van der Waals surface area contributed by atoms with E-state index < -0.39 is 0 Å². The van der Waals surface area contributed by atoms with E-state index in [2.05, 4.69) is 10.3 Å². The van der Waals surface area contributed by atoms with E-state index in [1.165, 1.54) is 0 Å². The summed E-state index contributed by atoms with van der Waals surface area (Å²) in [6.07, 6.45) is 0. The number of carbonyl (C=O) groups excluding carboxylic acids is 1. The van der Waals surface area contributed by atoms with E-state index in [1.807, 2.05) is 24.3 Å². The van der Waals surface area contributed by atoms with Crippen molar-refractivity contribution < 1.29 is 9.53 Å². The summed E-state index contributed by atoms with van der Waals surface area (Å²) in [5.74, 6) is 0.919. The normalized spacial score (nSPS) is 10.7. The second-order valence-corrected chi connectivity index (χ2v) is 6.55. The molecule has 6 heteroatoms. The molecule has 0 aliphatic rings. The van der Waals surface area contributed by atoms with Crippen molar-refractivity contribution >= 4 is 22.5 Å². The highest BCUT2D eigenvalue weighted by Crippen LogP contribution is 2.18. The zero-order valence-electron chi connectivity index (χ0n) is 16.0. The van der Waals surface area contributed by atoms with Crippen LogP contribution in [0.5, 0.6) is 5.75 Å². The lowest BCUT2D eigenvalue weighted by Gasteiger charge is -2.13. The average Bonchev–Trinajstić information content (AvgIpc) is 2.74. The molecule has 0 fully saturated rings. The lowest BCUT2D eigenvalue weighted by molar-refractivity contribution is 0.102. The second kappa shape index (κ2) is 7.59. The number of nitrogens with one attached hydrogen (secondary N) is 1. The van der Waals surface area contributed by atoms with Crippen LogP contribution in [-0.4, -0.2) is 22.6 Å². The highest BCUT2D eigenvalue weighted by molar-refractivity contribution is 6.04. The third-order valence-electron chi connectivity index (χ3n) is 4.64. The molecular weight excluding hydrogens is 366 g/mol. The van der Waals surface area contributed by atoms with Crippen LogP contribution in [0.3, 0.4) is 0 Å². The second-order valence-electron chi connectivity index (χ2n) is 6.55. The highest BCUT2D eigenvalue weighted by Gasteiger charge is 2.12. The Bertz CT molecular complexity index is 1280. The fourth-order valence-electron chi connectivity index (χ4n) is 3.24. The number of amides is 1. The summed E-state index contributed by atoms with van der Waals surface area (Å²) in [5.41, 5.74) is 2.21. The monoisotopic (exact) mass is 385 g/mol. The van der Waals surface area contributed by atoms with Gasteiger partial charge in [-0.1, -0.05) is 24.3 Å². The first-order valence-electron chi connectivity index (χ1n) is 9.11. The summed E-state index contributed by atoms with van der Waals surface area (Å²) in [6.45, 7) is 1.79. The molecule has 29 heavy (non-hydrogen) atoms. The third-order valence-corrected chi connectivity index (χ3v) is 4.64. The number of hydrogen-bond donors (Lipinski definition) is 1. The first-order valence-corrected chi connectivity index (χ1v) is 9.11. The first-order chi connectivity index (χ1) is 14.1. The van der Waals surface area contributed by atoms with E-state index in [0.717, 1.165) is 0 Å². The number of methoxy groups -OCH3 is 1. The number of carbonyl (C=O) groups is 1. The van der Waals surface area contributed by atoms with Crippen LogP contribution in [0, 0.1) is 6.92 Å². The molecule has 1 heterocycles. The van der Waals surface area contributed by atoms with Gasteiger partial charge in [0.2, 0.25) is 0 Å². The molecule has 4 aromatic rings. The molecule has 0 bridgehead atoms. The summed E-state index contributed by atoms with van der Waals surface area (Å²) in [5, 5.41) is 3.41. The van der Waals surface area contributed by atoms with Crippen molar-refractivity contribution in [2.45, 2.75) is 6.92 Å². The molecule has 0 aliphatic carbocycles. The number of rotatable bonds is 4. The Balaban J connectivity index is 1.70. The molecule has 144 valence electrons. The third kappa shape index (κ3) is 3.60. The Labute approximate surface area is 167 Å².